The SMILES string of the molecule is Cc1ccc2ccccc2c1-c1ccc(P(=O)(O)O)cc1. The minimum Gasteiger partial charge on any atom is -0.321 e. The summed E-state index contributed by atoms with van der Waals surface area (Å²) in [5.41, 5.74) is 3.20. The summed E-state index contributed by atoms with van der Waals surface area (Å²) in [6.45, 7) is 2.04. The molecule has 0 radical (unpaired) electrons. The predicted molar refractivity (Wildman–Crippen MR) is 85.8 cm³/mol. The molecule has 0 saturated carbocycles. The minimum absolute atomic E-state index is 0.0455. The van der Waals surface area contributed by atoms with Crippen LogP contribution in [-0.4, -0.2) is 9.79 Å². The van der Waals surface area contributed by atoms with Gasteiger partial charge in [0.2, 0.25) is 0 Å². The highest BCUT2D eigenvalue weighted by Crippen LogP contribution is 2.35. The van der Waals surface area contributed by atoms with Gasteiger partial charge in [0.05, 0.1) is 5.30 Å². The molecule has 4 heteroatoms. The Kier molecular flexibility index (Phi) is 3.42. The van der Waals surface area contributed by atoms with E-state index in [1.165, 1.54) is 12.1 Å². The van der Waals surface area contributed by atoms with Gasteiger partial charge in [-0.15, -0.1) is 0 Å². The lowest BCUT2D eigenvalue weighted by molar-refractivity contribution is 0.387. The normalized spacial score (nSPS) is 11.8. The Hall–Kier alpha value is -1.93. The number of hydrogen-bond donors (Lipinski definition) is 2. The molecule has 0 aromatic heterocycles. The number of hydrogen-bond acceptors (Lipinski definition) is 1. The first kappa shape index (κ1) is 14.0. The molecule has 0 unspecified atom stereocenters. The third-order valence-corrected chi connectivity index (χ3v) is 4.60. The van der Waals surface area contributed by atoms with Crippen LogP contribution in [0.4, 0.5) is 0 Å². The van der Waals surface area contributed by atoms with Gasteiger partial charge in [-0.25, -0.2) is 0 Å². The molecule has 3 aromatic carbocycles. The number of rotatable bonds is 2. The highest BCUT2D eigenvalue weighted by molar-refractivity contribution is 7.60. The molecule has 0 aliphatic heterocycles. The molecule has 0 atom stereocenters. The molecule has 0 saturated heterocycles. The molecule has 0 aliphatic carbocycles. The third-order valence-electron chi connectivity index (χ3n) is 3.63. The molecule has 0 amide bonds. The van der Waals surface area contributed by atoms with Crippen molar-refractivity contribution in [3.8, 4) is 11.1 Å². The fraction of sp³-hybridized carbons (Fsp3) is 0.0588. The largest absolute Gasteiger partial charge is 0.356 e. The van der Waals surface area contributed by atoms with E-state index < -0.39 is 7.60 Å². The number of fused-ring (bicyclic) bond motifs is 1. The van der Waals surface area contributed by atoms with Crippen molar-refractivity contribution in [2.45, 2.75) is 6.92 Å². The monoisotopic (exact) mass is 298 g/mol. The van der Waals surface area contributed by atoms with Gasteiger partial charge in [0.25, 0.3) is 0 Å². The van der Waals surface area contributed by atoms with Crippen LogP contribution in [0.1, 0.15) is 5.56 Å². The van der Waals surface area contributed by atoms with Gasteiger partial charge >= 0.3 is 7.60 Å². The Bertz CT molecular complexity index is 848. The second kappa shape index (κ2) is 5.12. The molecule has 0 spiro atoms. The summed E-state index contributed by atoms with van der Waals surface area (Å²) >= 11 is 0. The van der Waals surface area contributed by atoms with E-state index in [2.05, 4.69) is 24.3 Å². The molecule has 3 rings (SSSR count). The quantitative estimate of drug-likeness (QED) is 0.710. The van der Waals surface area contributed by atoms with Gasteiger partial charge in [-0.05, 0) is 46.5 Å². The Labute approximate surface area is 123 Å². The minimum atomic E-state index is -4.19. The van der Waals surface area contributed by atoms with Crippen LogP contribution >= 0.6 is 7.60 Å². The first-order valence-corrected chi connectivity index (χ1v) is 8.23. The van der Waals surface area contributed by atoms with E-state index in [9.17, 15) is 14.4 Å². The zero-order chi connectivity index (χ0) is 15.0. The first-order valence-electron chi connectivity index (χ1n) is 6.62. The molecule has 0 heterocycles. The molecule has 0 aliphatic rings. The number of benzene rings is 3. The maximum Gasteiger partial charge on any atom is 0.356 e. The Balaban J connectivity index is 2.21. The number of aryl methyl sites for hydroxylation is 1. The van der Waals surface area contributed by atoms with E-state index in [0.29, 0.717) is 0 Å². The van der Waals surface area contributed by atoms with Gasteiger partial charge < -0.3 is 9.79 Å². The highest BCUT2D eigenvalue weighted by atomic mass is 31.2. The van der Waals surface area contributed by atoms with E-state index in [1.54, 1.807) is 12.1 Å². The summed E-state index contributed by atoms with van der Waals surface area (Å²) in [6, 6.07) is 18.8. The summed E-state index contributed by atoms with van der Waals surface area (Å²) < 4.78 is 11.3. The van der Waals surface area contributed by atoms with Crippen LogP contribution < -0.4 is 5.30 Å². The van der Waals surface area contributed by atoms with Crippen molar-refractivity contribution >= 4 is 23.7 Å². The summed E-state index contributed by atoms with van der Waals surface area (Å²) in [5.74, 6) is 0. The van der Waals surface area contributed by atoms with Gasteiger partial charge in [0.1, 0.15) is 0 Å². The molecule has 3 nitrogen and oxygen atoms in total. The average molecular weight is 298 g/mol. The first-order chi connectivity index (χ1) is 9.97. The smallest absolute Gasteiger partial charge is 0.321 e. The lowest BCUT2D eigenvalue weighted by Gasteiger charge is -2.12. The second-order valence-corrected chi connectivity index (χ2v) is 6.67. The van der Waals surface area contributed by atoms with Crippen molar-refractivity contribution in [3.63, 3.8) is 0 Å². The lowest BCUT2D eigenvalue weighted by atomic mass is 9.94. The lowest BCUT2D eigenvalue weighted by Crippen LogP contribution is -2.02. The van der Waals surface area contributed by atoms with E-state index in [1.807, 2.05) is 19.1 Å². The molecular formula is C17H15O3P. The van der Waals surface area contributed by atoms with Crippen LogP contribution in [-0.2, 0) is 4.57 Å². The predicted octanol–water partition coefficient (Wildman–Crippen LogP) is 3.62. The summed E-state index contributed by atoms with van der Waals surface area (Å²) in [7, 11) is -4.19. The Morgan fingerprint density at radius 3 is 2.19 bits per heavy atom. The van der Waals surface area contributed by atoms with Crippen molar-refractivity contribution < 1.29 is 14.4 Å². The van der Waals surface area contributed by atoms with Gasteiger partial charge in [-0.1, -0.05) is 48.5 Å². The fourth-order valence-electron chi connectivity index (χ4n) is 2.59. The maximum atomic E-state index is 11.3. The Morgan fingerprint density at radius 1 is 0.857 bits per heavy atom. The van der Waals surface area contributed by atoms with E-state index in [-0.39, 0.29) is 5.30 Å². The van der Waals surface area contributed by atoms with E-state index in [4.69, 9.17) is 0 Å². The molecular weight excluding hydrogens is 283 g/mol. The second-order valence-electron chi connectivity index (χ2n) is 5.07. The van der Waals surface area contributed by atoms with Gasteiger partial charge in [-0.2, -0.15) is 0 Å². The molecule has 21 heavy (non-hydrogen) atoms. The van der Waals surface area contributed by atoms with Gasteiger partial charge in [0.15, 0.2) is 0 Å². The molecule has 106 valence electrons. The fourth-order valence-corrected chi connectivity index (χ4v) is 3.12. The van der Waals surface area contributed by atoms with Crippen LogP contribution in [0.15, 0.2) is 60.7 Å². The van der Waals surface area contributed by atoms with Gasteiger partial charge in [-0.3, -0.25) is 4.57 Å². The van der Waals surface area contributed by atoms with Crippen LogP contribution in [0.3, 0.4) is 0 Å². The standard InChI is InChI=1S/C17H15O3P/c1-12-6-7-13-4-2-3-5-16(13)17(12)14-8-10-15(11-9-14)21(18,19)20/h2-11H,1H3,(H2,18,19,20). The maximum absolute atomic E-state index is 11.3. The van der Waals surface area contributed by atoms with Crippen LogP contribution in [0.2, 0.25) is 0 Å². The zero-order valence-corrected chi connectivity index (χ0v) is 12.4. The summed E-state index contributed by atoms with van der Waals surface area (Å²) in [6.07, 6.45) is 0. The highest BCUT2D eigenvalue weighted by Gasteiger charge is 2.17. The van der Waals surface area contributed by atoms with Crippen molar-refractivity contribution in [2.75, 3.05) is 0 Å². The van der Waals surface area contributed by atoms with Crippen LogP contribution in [0.5, 0.6) is 0 Å². The van der Waals surface area contributed by atoms with Crippen molar-refractivity contribution in [3.05, 3.63) is 66.2 Å². The van der Waals surface area contributed by atoms with E-state index in [0.717, 1.165) is 27.5 Å². The topological polar surface area (TPSA) is 57.5 Å². The molecule has 0 fully saturated rings. The van der Waals surface area contributed by atoms with Crippen molar-refractivity contribution in [1.29, 1.82) is 0 Å². The van der Waals surface area contributed by atoms with Crippen LogP contribution in [0, 0.1) is 6.92 Å². The van der Waals surface area contributed by atoms with Gasteiger partial charge in [0, 0.05) is 0 Å². The van der Waals surface area contributed by atoms with Crippen LogP contribution in [0.25, 0.3) is 21.9 Å². The Morgan fingerprint density at radius 2 is 1.52 bits per heavy atom. The summed E-state index contributed by atoms with van der Waals surface area (Å²) in [4.78, 5) is 18.4. The van der Waals surface area contributed by atoms with Crippen molar-refractivity contribution in [1.82, 2.24) is 0 Å². The van der Waals surface area contributed by atoms with E-state index >= 15 is 0 Å². The molecule has 2 N–H and O–H groups in total. The average Bonchev–Trinajstić information content (AvgIpc) is 2.46. The molecule has 3 aromatic rings. The zero-order valence-electron chi connectivity index (χ0n) is 11.5. The summed E-state index contributed by atoms with van der Waals surface area (Å²) in [5, 5.41) is 2.34. The third kappa shape index (κ3) is 2.64. The van der Waals surface area contributed by atoms with Crippen molar-refractivity contribution in [2.24, 2.45) is 0 Å². The molecule has 0 bridgehead atoms.